The van der Waals surface area contributed by atoms with E-state index in [1.165, 1.54) is 9.87 Å². The maximum absolute atomic E-state index is 13.1. The third-order valence-electron chi connectivity index (χ3n) is 7.55. The number of aryl methyl sites for hydroxylation is 2. The number of carbonyl (C=O) groups is 3. The van der Waals surface area contributed by atoms with Crippen molar-refractivity contribution in [3.05, 3.63) is 29.3 Å². The lowest BCUT2D eigenvalue weighted by Crippen LogP contribution is -2.53. The van der Waals surface area contributed by atoms with Gasteiger partial charge in [-0.1, -0.05) is 25.3 Å². The maximum atomic E-state index is 13.1. The second kappa shape index (κ2) is 8.39. The predicted octanol–water partition coefficient (Wildman–Crippen LogP) is 1.26. The molecule has 33 heavy (non-hydrogen) atoms. The third kappa shape index (κ3) is 3.93. The molecule has 10 heteroatoms. The Morgan fingerprint density at radius 3 is 2.36 bits per heavy atom. The smallest absolute Gasteiger partial charge is 0.325 e. The predicted molar refractivity (Wildman–Crippen MR) is 120 cm³/mol. The third-order valence-corrected chi connectivity index (χ3v) is 9.44. The Morgan fingerprint density at radius 1 is 0.939 bits per heavy atom. The van der Waals surface area contributed by atoms with Crippen LogP contribution in [0.1, 0.15) is 49.7 Å². The van der Waals surface area contributed by atoms with E-state index in [0.29, 0.717) is 17.7 Å². The van der Waals surface area contributed by atoms with Crippen molar-refractivity contribution in [3.8, 4) is 0 Å². The summed E-state index contributed by atoms with van der Waals surface area (Å²) in [6.45, 7) is 0.546. The van der Waals surface area contributed by atoms with E-state index < -0.39 is 21.6 Å². The Balaban J connectivity index is 1.20. The topological polar surface area (TPSA) is 107 Å². The minimum absolute atomic E-state index is 0.190. The first-order valence-corrected chi connectivity index (χ1v) is 13.3. The van der Waals surface area contributed by atoms with E-state index in [-0.39, 0.29) is 44.5 Å². The summed E-state index contributed by atoms with van der Waals surface area (Å²) >= 11 is 0. The number of nitrogens with zero attached hydrogens (tertiary/aromatic N) is 3. The Bertz CT molecular complexity index is 1090. The van der Waals surface area contributed by atoms with Gasteiger partial charge in [0, 0.05) is 26.2 Å². The van der Waals surface area contributed by atoms with Gasteiger partial charge in [-0.2, -0.15) is 4.31 Å². The zero-order valence-electron chi connectivity index (χ0n) is 18.7. The van der Waals surface area contributed by atoms with E-state index in [1.807, 2.05) is 6.07 Å². The average molecular weight is 475 g/mol. The van der Waals surface area contributed by atoms with Gasteiger partial charge in [0.2, 0.25) is 15.9 Å². The highest BCUT2D eigenvalue weighted by atomic mass is 32.2. The number of sulfonamides is 1. The highest BCUT2D eigenvalue weighted by Crippen LogP contribution is 2.33. The molecular weight excluding hydrogens is 444 g/mol. The highest BCUT2D eigenvalue weighted by Gasteiger charge is 2.51. The Kier molecular flexibility index (Phi) is 5.68. The molecule has 1 saturated carbocycles. The van der Waals surface area contributed by atoms with Crippen LogP contribution >= 0.6 is 0 Å². The van der Waals surface area contributed by atoms with Crippen LogP contribution in [0.25, 0.3) is 0 Å². The van der Waals surface area contributed by atoms with Gasteiger partial charge in [0.1, 0.15) is 12.1 Å². The molecule has 2 heterocycles. The van der Waals surface area contributed by atoms with E-state index in [9.17, 15) is 22.8 Å². The molecule has 178 valence electrons. The lowest BCUT2D eigenvalue weighted by atomic mass is 9.82. The fourth-order valence-corrected chi connectivity index (χ4v) is 7.06. The van der Waals surface area contributed by atoms with Gasteiger partial charge >= 0.3 is 6.03 Å². The zero-order chi connectivity index (χ0) is 23.2. The molecule has 5 rings (SSSR count). The lowest BCUT2D eigenvalue weighted by Gasteiger charge is -2.34. The molecule has 4 amide bonds. The first-order chi connectivity index (χ1) is 15.8. The molecule has 2 saturated heterocycles. The summed E-state index contributed by atoms with van der Waals surface area (Å²) in [7, 11) is -3.62. The van der Waals surface area contributed by atoms with Gasteiger partial charge in [-0.05, 0) is 55.4 Å². The molecule has 0 unspecified atom stereocenters. The van der Waals surface area contributed by atoms with Crippen molar-refractivity contribution in [2.45, 2.75) is 61.8 Å². The van der Waals surface area contributed by atoms with Crippen molar-refractivity contribution < 1.29 is 22.8 Å². The van der Waals surface area contributed by atoms with Crippen molar-refractivity contribution in [3.63, 3.8) is 0 Å². The van der Waals surface area contributed by atoms with Crippen LogP contribution in [0.4, 0.5) is 4.79 Å². The second-order valence-corrected chi connectivity index (χ2v) is 11.5. The number of piperazine rings is 1. The first-order valence-electron chi connectivity index (χ1n) is 11.8. The molecule has 0 aromatic heterocycles. The van der Waals surface area contributed by atoms with Crippen molar-refractivity contribution in [1.29, 1.82) is 0 Å². The molecule has 1 N–H and O–H groups in total. The van der Waals surface area contributed by atoms with Gasteiger partial charge in [-0.15, -0.1) is 0 Å². The van der Waals surface area contributed by atoms with Gasteiger partial charge in [0.05, 0.1) is 4.90 Å². The standard InChI is InChI=1S/C23H30N4O5S/c28-20(16-27-21(29)23(24-22(27)30)9-2-1-3-10-23)25-11-13-26(14-12-25)33(31,32)19-8-7-17-5-4-6-18(17)15-19/h7-8,15H,1-6,9-14,16H2,(H,24,30). The fourth-order valence-electron chi connectivity index (χ4n) is 5.58. The van der Waals surface area contributed by atoms with E-state index in [2.05, 4.69) is 5.32 Å². The fraction of sp³-hybridized carbons (Fsp3) is 0.609. The average Bonchev–Trinajstić information content (AvgIpc) is 3.38. The summed E-state index contributed by atoms with van der Waals surface area (Å²) in [5.41, 5.74) is 1.48. The number of rotatable bonds is 4. The number of nitrogens with one attached hydrogen (secondary N) is 1. The molecule has 0 atom stereocenters. The van der Waals surface area contributed by atoms with Gasteiger partial charge in [0.25, 0.3) is 5.91 Å². The van der Waals surface area contributed by atoms with Crippen LogP contribution in [-0.4, -0.2) is 78.6 Å². The number of urea groups is 1. The van der Waals surface area contributed by atoms with Gasteiger partial charge in [-0.25, -0.2) is 13.2 Å². The summed E-state index contributed by atoms with van der Waals surface area (Å²) in [5.74, 6) is -0.640. The van der Waals surface area contributed by atoms with E-state index in [0.717, 1.165) is 49.0 Å². The van der Waals surface area contributed by atoms with Crippen LogP contribution in [-0.2, 0) is 32.5 Å². The monoisotopic (exact) mass is 474 g/mol. The highest BCUT2D eigenvalue weighted by molar-refractivity contribution is 7.89. The normalized spacial score (nSPS) is 23.2. The molecule has 2 aliphatic carbocycles. The quantitative estimate of drug-likeness (QED) is 0.662. The minimum atomic E-state index is -3.62. The number of hydrogen-bond acceptors (Lipinski definition) is 5. The molecule has 1 spiro atoms. The SMILES string of the molecule is O=C(CN1C(=O)NC2(CCCCC2)C1=O)N1CCN(S(=O)(=O)c2ccc3c(c2)CCC3)CC1. The number of amides is 4. The van der Waals surface area contributed by atoms with Crippen LogP contribution in [0.15, 0.2) is 23.1 Å². The Hall–Kier alpha value is -2.46. The van der Waals surface area contributed by atoms with Gasteiger partial charge in [-0.3, -0.25) is 14.5 Å². The van der Waals surface area contributed by atoms with Crippen LogP contribution < -0.4 is 5.32 Å². The largest absolute Gasteiger partial charge is 0.338 e. The van der Waals surface area contributed by atoms with Crippen molar-refractivity contribution in [2.75, 3.05) is 32.7 Å². The number of imide groups is 1. The number of benzene rings is 1. The maximum Gasteiger partial charge on any atom is 0.325 e. The summed E-state index contributed by atoms with van der Waals surface area (Å²) in [6, 6.07) is 4.86. The molecule has 1 aromatic carbocycles. The number of fused-ring (bicyclic) bond motifs is 1. The Morgan fingerprint density at radius 2 is 1.64 bits per heavy atom. The van der Waals surface area contributed by atoms with Crippen molar-refractivity contribution >= 4 is 27.9 Å². The van der Waals surface area contributed by atoms with E-state index in [1.54, 1.807) is 17.0 Å². The zero-order valence-corrected chi connectivity index (χ0v) is 19.5. The first kappa shape index (κ1) is 22.3. The minimum Gasteiger partial charge on any atom is -0.338 e. The molecule has 1 aromatic rings. The molecule has 4 aliphatic rings. The summed E-state index contributed by atoms with van der Waals surface area (Å²) in [5, 5.41) is 2.82. The molecule has 9 nitrogen and oxygen atoms in total. The van der Waals surface area contributed by atoms with Crippen molar-refractivity contribution in [1.82, 2.24) is 19.4 Å². The molecular formula is C23H30N4O5S. The molecule has 3 fully saturated rings. The molecule has 0 bridgehead atoms. The molecule has 2 aliphatic heterocycles. The van der Waals surface area contributed by atoms with Crippen LogP contribution in [0.3, 0.4) is 0 Å². The second-order valence-electron chi connectivity index (χ2n) is 9.53. The summed E-state index contributed by atoms with van der Waals surface area (Å²) < 4.78 is 27.6. The van der Waals surface area contributed by atoms with E-state index >= 15 is 0 Å². The number of hydrogen-bond donors (Lipinski definition) is 1. The summed E-state index contributed by atoms with van der Waals surface area (Å²) in [6.07, 6.45) is 6.99. The van der Waals surface area contributed by atoms with Crippen LogP contribution in [0, 0.1) is 0 Å². The Labute approximate surface area is 194 Å². The van der Waals surface area contributed by atoms with Crippen LogP contribution in [0.5, 0.6) is 0 Å². The summed E-state index contributed by atoms with van der Waals surface area (Å²) in [4.78, 5) is 41.1. The number of carbonyl (C=O) groups excluding carboxylic acids is 3. The van der Waals surface area contributed by atoms with E-state index in [4.69, 9.17) is 0 Å². The molecule has 0 radical (unpaired) electrons. The van der Waals surface area contributed by atoms with Gasteiger partial charge < -0.3 is 10.2 Å². The van der Waals surface area contributed by atoms with Crippen LogP contribution in [0.2, 0.25) is 0 Å². The van der Waals surface area contributed by atoms with Crippen molar-refractivity contribution in [2.24, 2.45) is 0 Å². The van der Waals surface area contributed by atoms with Gasteiger partial charge in [0.15, 0.2) is 0 Å². The lowest BCUT2D eigenvalue weighted by molar-refractivity contribution is -0.140.